The Bertz CT molecular complexity index is 130. The summed E-state index contributed by atoms with van der Waals surface area (Å²) in [5, 5.41) is 0. The lowest BCUT2D eigenvalue weighted by atomic mass is 9.92. The summed E-state index contributed by atoms with van der Waals surface area (Å²) in [7, 11) is 2.25. The molecule has 0 aromatic carbocycles. The molecular formula is C11H23N. The molecule has 0 bridgehead atoms. The normalized spacial score (nSPS) is 18.8. The fraction of sp³-hybridized carbons (Fsp3) is 1.00. The third-order valence-electron chi connectivity index (χ3n) is 2.51. The molecule has 1 aliphatic rings. The average Bonchev–Trinajstić information content (AvgIpc) is 2.66. The van der Waals surface area contributed by atoms with Crippen LogP contribution in [0.4, 0.5) is 0 Å². The van der Waals surface area contributed by atoms with Crippen LogP contribution in [0.3, 0.4) is 0 Å². The van der Waals surface area contributed by atoms with Gasteiger partial charge in [0.05, 0.1) is 0 Å². The number of hydrogen-bond donors (Lipinski definition) is 0. The van der Waals surface area contributed by atoms with E-state index in [0.29, 0.717) is 5.41 Å². The molecule has 0 radical (unpaired) electrons. The first-order valence-electron chi connectivity index (χ1n) is 5.16. The van der Waals surface area contributed by atoms with Crippen molar-refractivity contribution in [3.05, 3.63) is 0 Å². The predicted molar refractivity (Wildman–Crippen MR) is 54.3 cm³/mol. The van der Waals surface area contributed by atoms with Crippen molar-refractivity contribution in [1.29, 1.82) is 0 Å². The lowest BCUT2D eigenvalue weighted by Crippen LogP contribution is -2.25. The molecule has 0 aromatic heterocycles. The van der Waals surface area contributed by atoms with Gasteiger partial charge in [0, 0.05) is 6.54 Å². The summed E-state index contributed by atoms with van der Waals surface area (Å²) in [6, 6.07) is 0. The fourth-order valence-electron chi connectivity index (χ4n) is 1.36. The number of nitrogens with zero attached hydrogens (tertiary/aromatic N) is 1. The van der Waals surface area contributed by atoms with Crippen molar-refractivity contribution in [2.24, 2.45) is 11.3 Å². The number of rotatable bonds is 4. The van der Waals surface area contributed by atoms with E-state index < -0.39 is 0 Å². The summed E-state index contributed by atoms with van der Waals surface area (Å²) in [6.45, 7) is 9.55. The monoisotopic (exact) mass is 169 g/mol. The fourth-order valence-corrected chi connectivity index (χ4v) is 1.36. The van der Waals surface area contributed by atoms with Crippen LogP contribution in [-0.4, -0.2) is 25.0 Å². The quantitative estimate of drug-likeness (QED) is 0.625. The smallest absolute Gasteiger partial charge is 0.000661 e. The van der Waals surface area contributed by atoms with Gasteiger partial charge in [0.25, 0.3) is 0 Å². The lowest BCUT2D eigenvalue weighted by molar-refractivity contribution is 0.257. The molecule has 0 N–H and O–H groups in total. The van der Waals surface area contributed by atoms with Crippen LogP contribution in [0.2, 0.25) is 0 Å². The maximum absolute atomic E-state index is 2.49. The van der Waals surface area contributed by atoms with E-state index in [4.69, 9.17) is 0 Å². The van der Waals surface area contributed by atoms with Crippen molar-refractivity contribution in [2.45, 2.75) is 40.0 Å². The first-order valence-corrected chi connectivity index (χ1v) is 5.16. The Morgan fingerprint density at radius 1 is 1.25 bits per heavy atom. The van der Waals surface area contributed by atoms with Gasteiger partial charge in [-0.3, -0.25) is 0 Å². The van der Waals surface area contributed by atoms with Crippen molar-refractivity contribution in [3.63, 3.8) is 0 Å². The zero-order chi connectivity index (χ0) is 9.19. The summed E-state index contributed by atoms with van der Waals surface area (Å²) in [4.78, 5) is 2.49. The van der Waals surface area contributed by atoms with Gasteiger partial charge in [0.1, 0.15) is 0 Å². The molecule has 0 heterocycles. The zero-order valence-corrected chi connectivity index (χ0v) is 9.06. The minimum absolute atomic E-state index is 0.498. The Hall–Kier alpha value is -0.0400. The van der Waals surface area contributed by atoms with Crippen LogP contribution in [0.1, 0.15) is 40.0 Å². The van der Waals surface area contributed by atoms with Crippen LogP contribution in [0.15, 0.2) is 0 Å². The average molecular weight is 169 g/mol. The third-order valence-corrected chi connectivity index (χ3v) is 2.51. The Kier molecular flexibility index (Phi) is 3.16. The third kappa shape index (κ3) is 4.76. The second-order valence-electron chi connectivity index (χ2n) is 5.52. The molecule has 0 spiro atoms. The van der Waals surface area contributed by atoms with E-state index in [1.54, 1.807) is 0 Å². The molecule has 1 fully saturated rings. The highest BCUT2D eigenvalue weighted by Crippen LogP contribution is 2.29. The van der Waals surface area contributed by atoms with Gasteiger partial charge in [0.2, 0.25) is 0 Å². The summed E-state index contributed by atoms with van der Waals surface area (Å²) in [5.74, 6) is 1.04. The standard InChI is InChI=1S/C11H23N/c1-11(2,3)7-8-12(4)9-10-5-6-10/h10H,5-9H2,1-4H3. The summed E-state index contributed by atoms with van der Waals surface area (Å²) in [5.41, 5.74) is 0.498. The van der Waals surface area contributed by atoms with Crippen molar-refractivity contribution in [2.75, 3.05) is 20.1 Å². The van der Waals surface area contributed by atoms with E-state index >= 15 is 0 Å². The highest BCUT2D eigenvalue weighted by atomic mass is 15.1. The zero-order valence-electron chi connectivity index (χ0n) is 9.06. The molecular weight excluding hydrogens is 146 g/mol. The first kappa shape index (κ1) is 10.0. The Labute approximate surface area is 77.1 Å². The van der Waals surface area contributed by atoms with Crippen LogP contribution in [-0.2, 0) is 0 Å². The topological polar surface area (TPSA) is 3.24 Å². The second kappa shape index (κ2) is 3.78. The van der Waals surface area contributed by atoms with Crippen LogP contribution < -0.4 is 0 Å². The summed E-state index contributed by atoms with van der Waals surface area (Å²) < 4.78 is 0. The van der Waals surface area contributed by atoms with Crippen molar-refractivity contribution in [1.82, 2.24) is 4.90 Å². The van der Waals surface area contributed by atoms with Gasteiger partial charge in [0.15, 0.2) is 0 Å². The van der Waals surface area contributed by atoms with Crippen molar-refractivity contribution >= 4 is 0 Å². The largest absolute Gasteiger partial charge is 0.306 e. The molecule has 1 rings (SSSR count). The lowest BCUT2D eigenvalue weighted by Gasteiger charge is -2.23. The van der Waals surface area contributed by atoms with Gasteiger partial charge in [-0.25, -0.2) is 0 Å². The van der Waals surface area contributed by atoms with E-state index in [9.17, 15) is 0 Å². The number of hydrogen-bond acceptors (Lipinski definition) is 1. The van der Waals surface area contributed by atoms with Gasteiger partial charge >= 0.3 is 0 Å². The molecule has 72 valence electrons. The summed E-state index contributed by atoms with van der Waals surface area (Å²) >= 11 is 0. The molecule has 0 saturated heterocycles. The van der Waals surface area contributed by atoms with Crippen molar-refractivity contribution in [3.8, 4) is 0 Å². The minimum atomic E-state index is 0.498. The maximum Gasteiger partial charge on any atom is 0.000661 e. The summed E-state index contributed by atoms with van der Waals surface area (Å²) in [6.07, 6.45) is 4.26. The highest BCUT2D eigenvalue weighted by molar-refractivity contribution is 4.76. The van der Waals surface area contributed by atoms with Gasteiger partial charge < -0.3 is 4.90 Å². The van der Waals surface area contributed by atoms with Crippen LogP contribution >= 0.6 is 0 Å². The van der Waals surface area contributed by atoms with Gasteiger partial charge in [-0.15, -0.1) is 0 Å². The second-order valence-corrected chi connectivity index (χ2v) is 5.52. The molecule has 1 heteroatoms. The van der Waals surface area contributed by atoms with E-state index in [2.05, 4.69) is 32.7 Å². The van der Waals surface area contributed by atoms with Crippen LogP contribution in [0.5, 0.6) is 0 Å². The van der Waals surface area contributed by atoms with E-state index in [1.165, 1.54) is 32.4 Å². The molecule has 0 aromatic rings. The molecule has 1 nitrogen and oxygen atoms in total. The van der Waals surface area contributed by atoms with Gasteiger partial charge in [-0.2, -0.15) is 0 Å². The van der Waals surface area contributed by atoms with Crippen molar-refractivity contribution < 1.29 is 0 Å². The van der Waals surface area contributed by atoms with Gasteiger partial charge in [-0.1, -0.05) is 20.8 Å². The molecule has 0 aliphatic heterocycles. The Balaban J connectivity index is 2.04. The van der Waals surface area contributed by atoms with E-state index in [0.717, 1.165) is 5.92 Å². The highest BCUT2D eigenvalue weighted by Gasteiger charge is 2.23. The molecule has 0 atom stereocenters. The van der Waals surface area contributed by atoms with E-state index in [-0.39, 0.29) is 0 Å². The van der Waals surface area contributed by atoms with E-state index in [1.807, 2.05) is 0 Å². The minimum Gasteiger partial charge on any atom is -0.306 e. The molecule has 12 heavy (non-hydrogen) atoms. The Morgan fingerprint density at radius 3 is 2.25 bits per heavy atom. The molecule has 1 aliphatic carbocycles. The van der Waals surface area contributed by atoms with Crippen LogP contribution in [0.25, 0.3) is 0 Å². The molecule has 0 amide bonds. The Morgan fingerprint density at radius 2 is 1.83 bits per heavy atom. The predicted octanol–water partition coefficient (Wildman–Crippen LogP) is 2.76. The SMILES string of the molecule is CN(CCC(C)(C)C)CC1CC1. The first-order chi connectivity index (χ1) is 5.47. The van der Waals surface area contributed by atoms with Crippen LogP contribution in [0, 0.1) is 11.3 Å². The maximum atomic E-state index is 2.49. The molecule has 1 saturated carbocycles. The molecule has 0 unspecified atom stereocenters. The van der Waals surface area contributed by atoms with Gasteiger partial charge in [-0.05, 0) is 44.2 Å².